The van der Waals surface area contributed by atoms with Crippen LogP contribution in [0.5, 0.6) is 0 Å². The fourth-order valence-electron chi connectivity index (χ4n) is 2.45. The van der Waals surface area contributed by atoms with Crippen molar-refractivity contribution in [2.75, 3.05) is 19.4 Å². The normalized spacial score (nSPS) is 10.7. The van der Waals surface area contributed by atoms with E-state index in [1.807, 2.05) is 0 Å². The number of rotatable bonds is 4. The van der Waals surface area contributed by atoms with Crippen LogP contribution in [0, 0.1) is 5.82 Å². The maximum atomic E-state index is 13.3. The highest BCUT2D eigenvalue weighted by atomic mass is 19.1. The average molecular weight is 340 g/mol. The number of carbonyl (C=O) groups excluding carboxylic acids is 2. The van der Waals surface area contributed by atoms with Gasteiger partial charge in [0, 0.05) is 25.9 Å². The molecule has 6 nitrogen and oxygen atoms in total. The first kappa shape index (κ1) is 16.6. The van der Waals surface area contributed by atoms with Crippen LogP contribution < -0.4 is 5.32 Å². The molecule has 1 aromatic heterocycles. The lowest BCUT2D eigenvalue weighted by molar-refractivity contribution is -0.129. The Morgan fingerprint density at radius 2 is 2.04 bits per heavy atom. The van der Waals surface area contributed by atoms with E-state index >= 15 is 0 Å². The van der Waals surface area contributed by atoms with E-state index in [4.69, 9.17) is 0 Å². The van der Waals surface area contributed by atoms with E-state index in [1.54, 1.807) is 44.6 Å². The third-order valence-electron chi connectivity index (χ3n) is 3.77. The van der Waals surface area contributed by atoms with Crippen molar-refractivity contribution in [3.8, 4) is 0 Å². The Hall–Kier alpha value is -3.22. The second-order valence-electron chi connectivity index (χ2n) is 5.84. The first-order valence-corrected chi connectivity index (χ1v) is 7.66. The van der Waals surface area contributed by atoms with Gasteiger partial charge < -0.3 is 10.2 Å². The molecule has 0 spiro atoms. The maximum Gasteiger partial charge on any atom is 0.256 e. The molecule has 0 saturated heterocycles. The van der Waals surface area contributed by atoms with Crippen molar-refractivity contribution in [3.05, 3.63) is 60.2 Å². The van der Waals surface area contributed by atoms with Crippen molar-refractivity contribution in [3.63, 3.8) is 0 Å². The number of halogens is 1. The van der Waals surface area contributed by atoms with Gasteiger partial charge in [-0.1, -0.05) is 18.2 Å². The number of likely N-dealkylation sites (N-methyl/N-ethyl adjacent to an activating group) is 1. The number of aromatic nitrogens is 2. The van der Waals surface area contributed by atoms with E-state index in [0.29, 0.717) is 22.0 Å². The van der Waals surface area contributed by atoms with Gasteiger partial charge in [0.1, 0.15) is 12.4 Å². The average Bonchev–Trinajstić information content (AvgIpc) is 3.00. The van der Waals surface area contributed by atoms with Gasteiger partial charge in [0.2, 0.25) is 5.91 Å². The third kappa shape index (κ3) is 3.65. The van der Waals surface area contributed by atoms with Crippen LogP contribution in [0.1, 0.15) is 10.4 Å². The summed E-state index contributed by atoms with van der Waals surface area (Å²) in [5.41, 5.74) is 0.922. The van der Waals surface area contributed by atoms with Crippen LogP contribution in [0.2, 0.25) is 0 Å². The lowest BCUT2D eigenvalue weighted by atomic mass is 10.0. The molecule has 0 aliphatic rings. The molecule has 0 aliphatic carbocycles. The predicted molar refractivity (Wildman–Crippen MR) is 92.8 cm³/mol. The highest BCUT2D eigenvalue weighted by Gasteiger charge is 2.12. The molecule has 0 atom stereocenters. The molecule has 3 rings (SSSR count). The van der Waals surface area contributed by atoms with Crippen molar-refractivity contribution in [1.82, 2.24) is 14.7 Å². The monoisotopic (exact) mass is 340 g/mol. The molecule has 2 aromatic carbocycles. The highest BCUT2D eigenvalue weighted by Crippen LogP contribution is 2.21. The van der Waals surface area contributed by atoms with Gasteiger partial charge in [0.15, 0.2) is 0 Å². The molecule has 0 radical (unpaired) electrons. The van der Waals surface area contributed by atoms with Crippen LogP contribution in [0.25, 0.3) is 10.8 Å². The van der Waals surface area contributed by atoms with Gasteiger partial charge in [0.05, 0.1) is 11.9 Å². The molecule has 25 heavy (non-hydrogen) atoms. The van der Waals surface area contributed by atoms with Crippen molar-refractivity contribution < 1.29 is 14.0 Å². The molecule has 1 N–H and O–H groups in total. The Kier molecular flexibility index (Phi) is 4.47. The summed E-state index contributed by atoms with van der Waals surface area (Å²) in [6, 6.07) is 9.42. The number of amides is 2. The molecule has 0 bridgehead atoms. The largest absolute Gasteiger partial charge is 0.347 e. The summed E-state index contributed by atoms with van der Waals surface area (Å²) in [6.45, 7) is 0.0937. The summed E-state index contributed by atoms with van der Waals surface area (Å²) < 4.78 is 14.8. The lowest BCUT2D eigenvalue weighted by Crippen LogP contribution is -2.26. The Balaban J connectivity index is 1.79. The molecule has 3 aromatic rings. The molecular formula is C18H17FN4O2. The summed E-state index contributed by atoms with van der Waals surface area (Å²) in [7, 11) is 3.33. The van der Waals surface area contributed by atoms with E-state index in [-0.39, 0.29) is 24.2 Å². The van der Waals surface area contributed by atoms with Crippen molar-refractivity contribution >= 4 is 28.3 Å². The SMILES string of the molecule is CN(C)C(=O)Cn1cc(NC(=O)c2cccc3cc(F)ccc23)cn1. The number of benzene rings is 2. The summed E-state index contributed by atoms with van der Waals surface area (Å²) >= 11 is 0. The van der Waals surface area contributed by atoms with Crippen LogP contribution in [0.3, 0.4) is 0 Å². The smallest absolute Gasteiger partial charge is 0.256 e. The quantitative estimate of drug-likeness (QED) is 0.793. The van der Waals surface area contributed by atoms with Gasteiger partial charge in [-0.25, -0.2) is 4.39 Å². The molecule has 7 heteroatoms. The van der Waals surface area contributed by atoms with E-state index in [2.05, 4.69) is 10.4 Å². The van der Waals surface area contributed by atoms with Crippen molar-refractivity contribution in [2.24, 2.45) is 0 Å². The first-order valence-electron chi connectivity index (χ1n) is 7.66. The number of fused-ring (bicyclic) bond motifs is 1. The minimum atomic E-state index is -0.350. The van der Waals surface area contributed by atoms with Gasteiger partial charge >= 0.3 is 0 Å². The van der Waals surface area contributed by atoms with Gasteiger partial charge in [-0.05, 0) is 29.0 Å². The molecular weight excluding hydrogens is 323 g/mol. The third-order valence-corrected chi connectivity index (χ3v) is 3.77. The zero-order chi connectivity index (χ0) is 18.0. The van der Waals surface area contributed by atoms with E-state index < -0.39 is 0 Å². The second-order valence-corrected chi connectivity index (χ2v) is 5.84. The Morgan fingerprint density at radius 1 is 1.24 bits per heavy atom. The zero-order valence-corrected chi connectivity index (χ0v) is 13.9. The number of carbonyl (C=O) groups is 2. The molecule has 0 fully saturated rings. The molecule has 0 aliphatic heterocycles. The first-order chi connectivity index (χ1) is 11.9. The molecule has 0 unspecified atom stereocenters. The Morgan fingerprint density at radius 3 is 2.80 bits per heavy atom. The van der Waals surface area contributed by atoms with Crippen LogP contribution >= 0.6 is 0 Å². The zero-order valence-electron chi connectivity index (χ0n) is 13.9. The van der Waals surface area contributed by atoms with Crippen LogP contribution in [-0.2, 0) is 11.3 Å². The number of nitrogens with zero attached hydrogens (tertiary/aromatic N) is 3. The summed E-state index contributed by atoms with van der Waals surface area (Å²) in [4.78, 5) is 25.7. The Bertz CT molecular complexity index is 949. The topological polar surface area (TPSA) is 67.2 Å². The number of hydrogen-bond donors (Lipinski definition) is 1. The number of nitrogens with one attached hydrogen (secondary N) is 1. The van der Waals surface area contributed by atoms with Gasteiger partial charge in [-0.2, -0.15) is 5.10 Å². The lowest BCUT2D eigenvalue weighted by Gasteiger charge is -2.09. The van der Waals surface area contributed by atoms with Gasteiger partial charge in [-0.3, -0.25) is 14.3 Å². The molecule has 0 saturated carbocycles. The summed E-state index contributed by atoms with van der Waals surface area (Å²) in [6.07, 6.45) is 3.07. The minimum Gasteiger partial charge on any atom is -0.347 e. The van der Waals surface area contributed by atoms with Crippen LogP contribution in [0.4, 0.5) is 10.1 Å². The van der Waals surface area contributed by atoms with Crippen molar-refractivity contribution in [1.29, 1.82) is 0 Å². The van der Waals surface area contributed by atoms with E-state index in [0.717, 1.165) is 0 Å². The molecule has 2 amide bonds. The fourth-order valence-corrected chi connectivity index (χ4v) is 2.45. The van der Waals surface area contributed by atoms with Gasteiger partial charge in [0.25, 0.3) is 5.91 Å². The van der Waals surface area contributed by atoms with E-state index in [9.17, 15) is 14.0 Å². The second kappa shape index (κ2) is 6.72. The van der Waals surface area contributed by atoms with Gasteiger partial charge in [-0.15, -0.1) is 0 Å². The standard InChI is InChI=1S/C18H17FN4O2/c1-22(2)17(24)11-23-10-14(9-20-23)21-18(25)16-5-3-4-12-8-13(19)6-7-15(12)16/h3-10H,11H2,1-2H3,(H,21,25). The minimum absolute atomic E-state index is 0.0937. The fraction of sp³-hybridized carbons (Fsp3) is 0.167. The summed E-state index contributed by atoms with van der Waals surface area (Å²) in [5.74, 6) is -0.773. The number of anilines is 1. The van der Waals surface area contributed by atoms with Crippen molar-refractivity contribution in [2.45, 2.75) is 6.54 Å². The maximum absolute atomic E-state index is 13.3. The number of hydrogen-bond acceptors (Lipinski definition) is 3. The van der Waals surface area contributed by atoms with E-state index in [1.165, 1.54) is 27.9 Å². The molecule has 1 heterocycles. The van der Waals surface area contributed by atoms with Crippen LogP contribution in [-0.4, -0.2) is 40.6 Å². The highest BCUT2D eigenvalue weighted by molar-refractivity contribution is 6.12. The molecule has 128 valence electrons. The van der Waals surface area contributed by atoms with Crippen LogP contribution in [0.15, 0.2) is 48.8 Å². The Labute approximate surface area is 143 Å². The summed E-state index contributed by atoms with van der Waals surface area (Å²) in [5, 5.41) is 8.13. The predicted octanol–water partition coefficient (Wildman–Crippen LogP) is 2.52.